The van der Waals surface area contributed by atoms with Crippen LogP contribution >= 0.6 is 22.6 Å². The number of halogens is 1. The van der Waals surface area contributed by atoms with Gasteiger partial charge in [-0.1, -0.05) is 30.3 Å². The zero-order chi connectivity index (χ0) is 14.6. The van der Waals surface area contributed by atoms with Crippen molar-refractivity contribution in [2.24, 2.45) is 0 Å². The molecule has 0 aliphatic heterocycles. The minimum absolute atomic E-state index is 0.173. The molecule has 0 aliphatic rings. The van der Waals surface area contributed by atoms with Crippen molar-refractivity contribution in [2.45, 2.75) is 4.90 Å². The number of carbonyl (C=O) groups is 1. The zero-order valence-electron chi connectivity index (χ0n) is 10.4. The van der Waals surface area contributed by atoms with Crippen LogP contribution in [0, 0.1) is 3.57 Å². The van der Waals surface area contributed by atoms with Crippen LogP contribution in [0.15, 0.2) is 71.0 Å². The smallest absolute Gasteiger partial charge is 0.199 e. The first-order chi connectivity index (χ1) is 9.49. The maximum Gasteiger partial charge on any atom is 0.199 e. The highest BCUT2D eigenvalue weighted by Crippen LogP contribution is 2.12. The molecule has 0 heterocycles. The normalized spacial score (nSPS) is 11.7. The van der Waals surface area contributed by atoms with Gasteiger partial charge in [-0.05, 0) is 52.9 Å². The standard InChI is InChI=1S/C15H11IO3S/c16-13-8-6-12(7-9-13)15(17)10-11-20(18,19)14-4-2-1-3-5-14/h1-11H/b11-10+. The lowest BCUT2D eigenvalue weighted by Gasteiger charge is -1.98. The van der Waals surface area contributed by atoms with Gasteiger partial charge in [-0.15, -0.1) is 0 Å². The molecule has 2 aromatic carbocycles. The average molecular weight is 398 g/mol. The van der Waals surface area contributed by atoms with Gasteiger partial charge in [0.25, 0.3) is 0 Å². The summed E-state index contributed by atoms with van der Waals surface area (Å²) in [7, 11) is -3.57. The molecule has 0 N–H and O–H groups in total. The van der Waals surface area contributed by atoms with Crippen molar-refractivity contribution in [3.8, 4) is 0 Å². The lowest BCUT2D eigenvalue weighted by molar-refractivity contribution is 0.104. The second-order valence-electron chi connectivity index (χ2n) is 4.03. The fourth-order valence-electron chi connectivity index (χ4n) is 1.55. The third kappa shape index (κ3) is 3.77. The van der Waals surface area contributed by atoms with Crippen LogP contribution in [0.5, 0.6) is 0 Å². The molecule has 0 saturated heterocycles. The van der Waals surface area contributed by atoms with Gasteiger partial charge in [0.15, 0.2) is 15.6 Å². The van der Waals surface area contributed by atoms with Gasteiger partial charge in [0.05, 0.1) is 4.90 Å². The van der Waals surface area contributed by atoms with Gasteiger partial charge in [-0.25, -0.2) is 8.42 Å². The molecule has 0 radical (unpaired) electrons. The van der Waals surface area contributed by atoms with E-state index in [1.54, 1.807) is 42.5 Å². The number of allylic oxidation sites excluding steroid dienone is 1. The van der Waals surface area contributed by atoms with Gasteiger partial charge in [-0.3, -0.25) is 4.79 Å². The summed E-state index contributed by atoms with van der Waals surface area (Å²) in [5.41, 5.74) is 0.463. The van der Waals surface area contributed by atoms with Crippen molar-refractivity contribution in [2.75, 3.05) is 0 Å². The van der Waals surface area contributed by atoms with E-state index >= 15 is 0 Å². The van der Waals surface area contributed by atoms with Crippen LogP contribution in [0.25, 0.3) is 0 Å². The lowest BCUT2D eigenvalue weighted by Crippen LogP contribution is -1.99. The second kappa shape index (κ2) is 6.32. The number of hydrogen-bond donors (Lipinski definition) is 0. The monoisotopic (exact) mass is 398 g/mol. The SMILES string of the molecule is O=C(/C=C/S(=O)(=O)c1ccccc1)c1ccc(I)cc1. The van der Waals surface area contributed by atoms with Crippen molar-refractivity contribution < 1.29 is 13.2 Å². The first-order valence-electron chi connectivity index (χ1n) is 5.77. The Morgan fingerprint density at radius 2 is 1.55 bits per heavy atom. The minimum Gasteiger partial charge on any atom is -0.289 e. The zero-order valence-corrected chi connectivity index (χ0v) is 13.3. The largest absolute Gasteiger partial charge is 0.289 e. The van der Waals surface area contributed by atoms with Gasteiger partial charge in [0.1, 0.15) is 0 Å². The molecule has 0 unspecified atom stereocenters. The van der Waals surface area contributed by atoms with E-state index in [-0.39, 0.29) is 10.7 Å². The summed E-state index contributed by atoms with van der Waals surface area (Å²) >= 11 is 2.14. The topological polar surface area (TPSA) is 51.2 Å². The van der Waals surface area contributed by atoms with Crippen molar-refractivity contribution in [3.05, 3.63) is 75.2 Å². The van der Waals surface area contributed by atoms with E-state index in [0.717, 1.165) is 15.1 Å². The molecule has 0 aromatic heterocycles. The molecule has 20 heavy (non-hydrogen) atoms. The summed E-state index contributed by atoms with van der Waals surface area (Å²) in [6.07, 6.45) is 1.09. The number of benzene rings is 2. The van der Waals surface area contributed by atoms with E-state index in [1.165, 1.54) is 12.1 Å². The summed E-state index contributed by atoms with van der Waals surface area (Å²) in [5, 5.41) is 0.947. The van der Waals surface area contributed by atoms with Crippen LogP contribution in [0.4, 0.5) is 0 Å². The lowest BCUT2D eigenvalue weighted by atomic mass is 10.1. The molecule has 0 amide bonds. The van der Waals surface area contributed by atoms with Crippen LogP contribution in [0.3, 0.4) is 0 Å². The van der Waals surface area contributed by atoms with Crippen molar-refractivity contribution in [1.82, 2.24) is 0 Å². The average Bonchev–Trinajstić information content (AvgIpc) is 2.46. The molecule has 3 nitrogen and oxygen atoms in total. The predicted octanol–water partition coefficient (Wildman–Crippen LogP) is 3.46. The fourth-order valence-corrected chi connectivity index (χ4v) is 2.91. The fraction of sp³-hybridized carbons (Fsp3) is 0. The highest BCUT2D eigenvalue weighted by atomic mass is 127. The Balaban J connectivity index is 2.21. The molecule has 0 fully saturated rings. The van der Waals surface area contributed by atoms with Gasteiger partial charge in [0.2, 0.25) is 0 Å². The van der Waals surface area contributed by atoms with Crippen LogP contribution in [-0.4, -0.2) is 14.2 Å². The Kier molecular flexibility index (Phi) is 4.72. The Bertz CT molecular complexity index is 732. The second-order valence-corrected chi connectivity index (χ2v) is 7.11. The quantitative estimate of drug-likeness (QED) is 0.450. The van der Waals surface area contributed by atoms with Gasteiger partial charge in [0, 0.05) is 14.5 Å². The summed E-state index contributed by atoms with van der Waals surface area (Å²) in [5.74, 6) is -0.332. The Hall–Kier alpha value is -1.47. The molecular formula is C15H11IO3S. The minimum atomic E-state index is -3.57. The molecule has 0 aliphatic carbocycles. The van der Waals surface area contributed by atoms with Crippen LogP contribution < -0.4 is 0 Å². The maximum atomic E-state index is 12.0. The van der Waals surface area contributed by atoms with E-state index < -0.39 is 9.84 Å². The summed E-state index contributed by atoms with van der Waals surface area (Å²) in [4.78, 5) is 12.1. The summed E-state index contributed by atoms with van der Waals surface area (Å²) in [6, 6.07) is 14.9. The Labute approximate surface area is 131 Å². The third-order valence-electron chi connectivity index (χ3n) is 2.60. The van der Waals surface area contributed by atoms with Crippen LogP contribution in [-0.2, 0) is 9.84 Å². The van der Waals surface area contributed by atoms with E-state index in [4.69, 9.17) is 0 Å². The maximum absolute atomic E-state index is 12.0. The molecule has 2 aromatic rings. The van der Waals surface area contributed by atoms with E-state index in [1.807, 2.05) is 0 Å². The van der Waals surface area contributed by atoms with Crippen molar-refractivity contribution >= 4 is 38.2 Å². The van der Waals surface area contributed by atoms with Crippen LogP contribution in [0.2, 0.25) is 0 Å². The highest BCUT2D eigenvalue weighted by Gasteiger charge is 2.10. The van der Waals surface area contributed by atoms with Gasteiger partial charge >= 0.3 is 0 Å². The Morgan fingerprint density at radius 1 is 0.950 bits per heavy atom. The molecule has 5 heteroatoms. The summed E-state index contributed by atoms with van der Waals surface area (Å²) < 4.78 is 25.0. The number of rotatable bonds is 4. The predicted molar refractivity (Wildman–Crippen MR) is 86.3 cm³/mol. The molecule has 102 valence electrons. The van der Waals surface area contributed by atoms with Gasteiger partial charge < -0.3 is 0 Å². The first-order valence-corrected chi connectivity index (χ1v) is 8.40. The number of ketones is 1. The molecule has 0 spiro atoms. The Morgan fingerprint density at radius 3 is 2.15 bits per heavy atom. The van der Waals surface area contributed by atoms with Gasteiger partial charge in [-0.2, -0.15) is 0 Å². The molecule has 0 atom stereocenters. The van der Waals surface area contributed by atoms with E-state index in [2.05, 4.69) is 22.6 Å². The number of carbonyl (C=O) groups excluding carboxylic acids is 1. The van der Waals surface area contributed by atoms with Crippen molar-refractivity contribution in [1.29, 1.82) is 0 Å². The van der Waals surface area contributed by atoms with E-state index in [0.29, 0.717) is 5.56 Å². The highest BCUT2D eigenvalue weighted by molar-refractivity contribution is 14.1. The number of sulfone groups is 1. The van der Waals surface area contributed by atoms with E-state index in [9.17, 15) is 13.2 Å². The molecule has 0 saturated carbocycles. The van der Waals surface area contributed by atoms with Crippen molar-refractivity contribution in [3.63, 3.8) is 0 Å². The number of hydrogen-bond acceptors (Lipinski definition) is 3. The van der Waals surface area contributed by atoms with Crippen LogP contribution in [0.1, 0.15) is 10.4 Å². The first kappa shape index (κ1) is 14.9. The summed E-state index contributed by atoms with van der Waals surface area (Å²) in [6.45, 7) is 0. The molecular weight excluding hydrogens is 387 g/mol. The third-order valence-corrected chi connectivity index (χ3v) is 4.74. The molecule has 0 bridgehead atoms. The molecule has 2 rings (SSSR count).